The smallest absolute Gasteiger partial charge is 0.366 e. The quantitative estimate of drug-likeness (QED) is 0.817. The predicted octanol–water partition coefficient (Wildman–Crippen LogP) is 2.86. The molecule has 0 atom stereocenters. The molecule has 0 spiro atoms. The number of amides is 2. The standard InChI is InChI=1S/C20H20F3N3O3/c1-12-10-14(2-3-16(12)21)25-18(28)13-4-7-24-17(11-13)20(22,23)19(29)26-8-5-15(27)6-9-26/h2-4,7,10-11,15,27H,5-6,8-9H2,1H3,(H,25,28). The average molecular weight is 407 g/mol. The van der Waals surface area contributed by atoms with Crippen LogP contribution in [0.25, 0.3) is 0 Å². The van der Waals surface area contributed by atoms with Crippen molar-refractivity contribution in [1.29, 1.82) is 0 Å². The fourth-order valence-electron chi connectivity index (χ4n) is 3.05. The number of nitrogens with one attached hydrogen (secondary N) is 1. The molecule has 0 radical (unpaired) electrons. The van der Waals surface area contributed by atoms with Crippen LogP contribution >= 0.6 is 0 Å². The van der Waals surface area contributed by atoms with E-state index in [4.69, 9.17) is 0 Å². The van der Waals surface area contributed by atoms with E-state index in [1.54, 1.807) is 0 Å². The number of nitrogens with zero attached hydrogens (tertiary/aromatic N) is 2. The second kappa shape index (κ2) is 8.20. The zero-order chi connectivity index (χ0) is 21.2. The Hall–Kier alpha value is -2.94. The SMILES string of the molecule is Cc1cc(NC(=O)c2ccnc(C(F)(F)C(=O)N3CCC(O)CC3)c2)ccc1F. The molecule has 0 saturated carbocycles. The Morgan fingerprint density at radius 2 is 1.90 bits per heavy atom. The van der Waals surface area contributed by atoms with Crippen LogP contribution in [-0.2, 0) is 10.7 Å². The highest BCUT2D eigenvalue weighted by Gasteiger charge is 2.46. The van der Waals surface area contributed by atoms with Crippen LogP contribution in [0.5, 0.6) is 0 Å². The number of aryl methyl sites for hydroxylation is 1. The Morgan fingerprint density at radius 3 is 2.55 bits per heavy atom. The second-order valence-corrected chi connectivity index (χ2v) is 6.95. The number of likely N-dealkylation sites (tertiary alicyclic amines) is 1. The molecule has 2 heterocycles. The van der Waals surface area contributed by atoms with E-state index < -0.39 is 35.4 Å². The van der Waals surface area contributed by atoms with Gasteiger partial charge in [-0.15, -0.1) is 0 Å². The minimum Gasteiger partial charge on any atom is -0.393 e. The summed E-state index contributed by atoms with van der Waals surface area (Å²) >= 11 is 0. The Morgan fingerprint density at radius 1 is 1.21 bits per heavy atom. The Labute approximate surface area is 165 Å². The summed E-state index contributed by atoms with van der Waals surface area (Å²) in [5.74, 6) is -6.45. The van der Waals surface area contributed by atoms with Crippen LogP contribution < -0.4 is 5.32 Å². The van der Waals surface area contributed by atoms with Gasteiger partial charge >= 0.3 is 5.92 Å². The number of hydrogen-bond acceptors (Lipinski definition) is 4. The molecule has 0 aliphatic carbocycles. The molecule has 2 N–H and O–H groups in total. The number of aromatic nitrogens is 1. The fraction of sp³-hybridized carbons (Fsp3) is 0.350. The van der Waals surface area contributed by atoms with E-state index in [0.29, 0.717) is 11.3 Å². The predicted molar refractivity (Wildman–Crippen MR) is 99.0 cm³/mol. The molecule has 6 nitrogen and oxygen atoms in total. The van der Waals surface area contributed by atoms with Crippen molar-refractivity contribution in [1.82, 2.24) is 9.88 Å². The Kier molecular flexibility index (Phi) is 5.88. The first-order valence-electron chi connectivity index (χ1n) is 9.08. The summed E-state index contributed by atoms with van der Waals surface area (Å²) in [4.78, 5) is 29.3. The van der Waals surface area contributed by atoms with E-state index in [1.165, 1.54) is 31.2 Å². The number of alkyl halides is 2. The number of anilines is 1. The third-order valence-electron chi connectivity index (χ3n) is 4.78. The fourth-order valence-corrected chi connectivity index (χ4v) is 3.05. The topological polar surface area (TPSA) is 82.5 Å². The molecule has 1 fully saturated rings. The zero-order valence-electron chi connectivity index (χ0n) is 15.7. The van der Waals surface area contributed by atoms with Gasteiger partial charge in [0.1, 0.15) is 11.5 Å². The van der Waals surface area contributed by atoms with E-state index in [-0.39, 0.29) is 31.5 Å². The van der Waals surface area contributed by atoms with E-state index in [2.05, 4.69) is 10.3 Å². The lowest BCUT2D eigenvalue weighted by Crippen LogP contribution is -2.47. The summed E-state index contributed by atoms with van der Waals surface area (Å²) in [5, 5.41) is 12.0. The normalized spacial score (nSPS) is 15.3. The highest BCUT2D eigenvalue weighted by atomic mass is 19.3. The summed E-state index contributed by atoms with van der Waals surface area (Å²) in [5.41, 5.74) is -0.320. The number of benzene rings is 1. The van der Waals surface area contributed by atoms with Crippen LogP contribution in [0, 0.1) is 12.7 Å². The summed E-state index contributed by atoms with van der Waals surface area (Å²) in [6.45, 7) is 1.58. The molecule has 0 unspecified atom stereocenters. The molecule has 1 aromatic heterocycles. The van der Waals surface area contributed by atoms with Gasteiger partial charge in [0, 0.05) is 30.5 Å². The molecular formula is C20H20F3N3O3. The number of pyridine rings is 1. The highest BCUT2D eigenvalue weighted by molar-refractivity contribution is 6.04. The van der Waals surface area contributed by atoms with Crippen LogP contribution in [0.4, 0.5) is 18.9 Å². The minimum absolute atomic E-state index is 0.0275. The van der Waals surface area contributed by atoms with Gasteiger partial charge in [0.15, 0.2) is 0 Å². The lowest BCUT2D eigenvalue weighted by atomic mass is 10.1. The van der Waals surface area contributed by atoms with E-state index in [0.717, 1.165) is 17.2 Å². The Balaban J connectivity index is 1.77. The van der Waals surface area contributed by atoms with Crippen LogP contribution in [0.2, 0.25) is 0 Å². The third-order valence-corrected chi connectivity index (χ3v) is 4.78. The van der Waals surface area contributed by atoms with Gasteiger partial charge in [-0.1, -0.05) is 0 Å². The van der Waals surface area contributed by atoms with Crippen molar-refractivity contribution in [2.75, 3.05) is 18.4 Å². The molecule has 154 valence electrons. The molecular weight excluding hydrogens is 387 g/mol. The molecule has 1 aliphatic rings. The van der Waals surface area contributed by atoms with Gasteiger partial charge in [-0.05, 0) is 55.7 Å². The van der Waals surface area contributed by atoms with Gasteiger partial charge in [0.05, 0.1) is 6.10 Å². The van der Waals surface area contributed by atoms with Gasteiger partial charge in [-0.2, -0.15) is 8.78 Å². The summed E-state index contributed by atoms with van der Waals surface area (Å²) in [6.07, 6.45) is 0.887. The zero-order valence-corrected chi connectivity index (χ0v) is 15.7. The summed E-state index contributed by atoms with van der Waals surface area (Å²) in [7, 11) is 0. The molecule has 9 heteroatoms. The maximum absolute atomic E-state index is 14.7. The van der Waals surface area contributed by atoms with Crippen LogP contribution in [0.1, 0.15) is 34.5 Å². The van der Waals surface area contributed by atoms with Crippen molar-refractivity contribution in [3.05, 3.63) is 59.2 Å². The molecule has 2 amide bonds. The van der Waals surface area contributed by atoms with E-state index >= 15 is 0 Å². The van der Waals surface area contributed by atoms with Crippen molar-refractivity contribution in [3.63, 3.8) is 0 Å². The summed E-state index contributed by atoms with van der Waals surface area (Å²) in [6, 6.07) is 6.06. The van der Waals surface area contributed by atoms with Crippen LogP contribution in [0.15, 0.2) is 36.5 Å². The van der Waals surface area contributed by atoms with Gasteiger partial charge in [0.25, 0.3) is 11.8 Å². The van der Waals surface area contributed by atoms with Gasteiger partial charge < -0.3 is 15.3 Å². The van der Waals surface area contributed by atoms with Crippen molar-refractivity contribution in [3.8, 4) is 0 Å². The number of carbonyl (C=O) groups is 2. The molecule has 3 rings (SSSR count). The van der Waals surface area contributed by atoms with Crippen LogP contribution in [0.3, 0.4) is 0 Å². The van der Waals surface area contributed by atoms with Gasteiger partial charge in [0.2, 0.25) is 0 Å². The van der Waals surface area contributed by atoms with Crippen molar-refractivity contribution < 1.29 is 27.9 Å². The number of rotatable bonds is 4. The van der Waals surface area contributed by atoms with Gasteiger partial charge in [-0.25, -0.2) is 4.39 Å². The van der Waals surface area contributed by atoms with Crippen molar-refractivity contribution >= 4 is 17.5 Å². The summed E-state index contributed by atoms with van der Waals surface area (Å²) < 4.78 is 42.8. The van der Waals surface area contributed by atoms with Gasteiger partial charge in [-0.3, -0.25) is 14.6 Å². The number of aliphatic hydroxyl groups is 1. The number of aliphatic hydroxyl groups excluding tert-OH is 1. The monoisotopic (exact) mass is 407 g/mol. The van der Waals surface area contributed by atoms with E-state index in [1.807, 2.05) is 0 Å². The highest BCUT2D eigenvalue weighted by Crippen LogP contribution is 2.30. The van der Waals surface area contributed by atoms with Crippen LogP contribution in [-0.4, -0.2) is 46.0 Å². The first kappa shape index (κ1) is 20.8. The number of hydrogen-bond donors (Lipinski definition) is 2. The number of piperidine rings is 1. The molecule has 2 aromatic rings. The molecule has 29 heavy (non-hydrogen) atoms. The van der Waals surface area contributed by atoms with Crippen molar-refractivity contribution in [2.24, 2.45) is 0 Å². The molecule has 1 aliphatic heterocycles. The number of carbonyl (C=O) groups excluding carboxylic acids is 2. The molecule has 1 aromatic carbocycles. The number of halogens is 3. The molecule has 1 saturated heterocycles. The average Bonchev–Trinajstić information content (AvgIpc) is 2.71. The first-order chi connectivity index (χ1) is 13.7. The lowest BCUT2D eigenvalue weighted by Gasteiger charge is -2.32. The van der Waals surface area contributed by atoms with Crippen molar-refractivity contribution in [2.45, 2.75) is 31.8 Å². The molecule has 0 bridgehead atoms. The maximum atomic E-state index is 14.7. The maximum Gasteiger partial charge on any atom is 0.366 e. The van der Waals surface area contributed by atoms with E-state index in [9.17, 15) is 27.9 Å². The minimum atomic E-state index is -3.91. The Bertz CT molecular complexity index is 928. The lowest BCUT2D eigenvalue weighted by molar-refractivity contribution is -0.161. The second-order valence-electron chi connectivity index (χ2n) is 6.95. The third kappa shape index (κ3) is 4.56. The largest absolute Gasteiger partial charge is 0.393 e. The first-order valence-corrected chi connectivity index (χ1v) is 9.08.